The molecule has 0 aromatic heterocycles. The molecule has 2 aromatic rings. The molecule has 0 radical (unpaired) electrons. The summed E-state index contributed by atoms with van der Waals surface area (Å²) in [6.07, 6.45) is 0. The van der Waals surface area contributed by atoms with E-state index in [9.17, 15) is 4.39 Å². The number of nitrogens with one attached hydrogen (secondary N) is 1. The van der Waals surface area contributed by atoms with Gasteiger partial charge in [0.05, 0.1) is 6.61 Å². The maximum atomic E-state index is 14.0. The molecule has 0 aliphatic rings. The molecule has 0 aliphatic heterocycles. The van der Waals surface area contributed by atoms with Gasteiger partial charge in [-0.25, -0.2) is 4.39 Å². The van der Waals surface area contributed by atoms with Crippen LogP contribution in [0.5, 0.6) is 11.5 Å². The van der Waals surface area contributed by atoms with Gasteiger partial charge in [0.25, 0.3) is 0 Å². The summed E-state index contributed by atoms with van der Waals surface area (Å²) < 4.78 is 19.5. The Morgan fingerprint density at radius 3 is 2.33 bits per heavy atom. The molecule has 2 rings (SSSR count). The van der Waals surface area contributed by atoms with Crippen LogP contribution >= 0.6 is 0 Å². The Balaban J connectivity index is 2.06. The third kappa shape index (κ3) is 4.55. The van der Waals surface area contributed by atoms with Crippen molar-refractivity contribution in [3.8, 4) is 11.5 Å². The van der Waals surface area contributed by atoms with Crippen LogP contribution in [-0.4, -0.2) is 11.1 Å². The summed E-state index contributed by atoms with van der Waals surface area (Å²) in [5.74, 6) is 0.350. The van der Waals surface area contributed by atoms with Crippen molar-refractivity contribution in [2.24, 2.45) is 0 Å². The fourth-order valence-corrected chi connectivity index (χ4v) is 1.85. The highest BCUT2D eigenvalue weighted by Crippen LogP contribution is 2.25. The second-order valence-electron chi connectivity index (χ2n) is 5.20. The van der Waals surface area contributed by atoms with Crippen molar-refractivity contribution in [1.82, 2.24) is 5.32 Å². The van der Waals surface area contributed by atoms with Crippen LogP contribution in [0.1, 0.15) is 25.0 Å². The van der Waals surface area contributed by atoms with Crippen molar-refractivity contribution in [3.05, 3.63) is 59.4 Å². The van der Waals surface area contributed by atoms with Gasteiger partial charge in [0.15, 0.2) is 11.6 Å². The maximum absolute atomic E-state index is 14.0. The maximum Gasteiger partial charge on any atom is 0.166 e. The molecule has 112 valence electrons. The first kappa shape index (κ1) is 15.5. The van der Waals surface area contributed by atoms with E-state index >= 15 is 0 Å². The van der Waals surface area contributed by atoms with Crippen LogP contribution in [0, 0.1) is 5.82 Å². The van der Waals surface area contributed by atoms with Crippen LogP contribution in [0.15, 0.2) is 42.5 Å². The minimum Gasteiger partial charge on any atom is -0.454 e. The van der Waals surface area contributed by atoms with E-state index in [-0.39, 0.29) is 18.2 Å². The Morgan fingerprint density at radius 1 is 1.10 bits per heavy atom. The molecule has 3 nitrogen and oxygen atoms in total. The lowest BCUT2D eigenvalue weighted by atomic mass is 10.2. The lowest BCUT2D eigenvalue weighted by Gasteiger charge is -2.11. The molecule has 0 atom stereocenters. The summed E-state index contributed by atoms with van der Waals surface area (Å²) in [6, 6.07) is 12.2. The van der Waals surface area contributed by atoms with Crippen LogP contribution in [0.4, 0.5) is 4.39 Å². The van der Waals surface area contributed by atoms with Crippen molar-refractivity contribution < 1.29 is 14.2 Å². The number of hydrogen-bond donors (Lipinski definition) is 2. The van der Waals surface area contributed by atoms with Gasteiger partial charge in [0.1, 0.15) is 5.75 Å². The number of aliphatic hydroxyl groups excluding tert-OH is 1. The Hall–Kier alpha value is -1.91. The lowest BCUT2D eigenvalue weighted by Crippen LogP contribution is -2.21. The van der Waals surface area contributed by atoms with Crippen LogP contribution in [0.25, 0.3) is 0 Å². The van der Waals surface area contributed by atoms with Gasteiger partial charge in [-0.15, -0.1) is 0 Å². The quantitative estimate of drug-likeness (QED) is 0.853. The van der Waals surface area contributed by atoms with E-state index in [0.29, 0.717) is 18.3 Å². The highest BCUT2D eigenvalue weighted by Gasteiger charge is 2.06. The van der Waals surface area contributed by atoms with Gasteiger partial charge in [-0.2, -0.15) is 0 Å². The third-order valence-electron chi connectivity index (χ3n) is 3.04. The third-order valence-corrected chi connectivity index (χ3v) is 3.04. The lowest BCUT2D eigenvalue weighted by molar-refractivity contribution is 0.281. The Bertz CT molecular complexity index is 582. The predicted molar refractivity (Wildman–Crippen MR) is 80.8 cm³/mol. The Kier molecular flexibility index (Phi) is 5.31. The topological polar surface area (TPSA) is 41.5 Å². The minimum absolute atomic E-state index is 0.0216. The molecule has 0 saturated carbocycles. The van der Waals surface area contributed by atoms with Crippen molar-refractivity contribution in [2.45, 2.75) is 33.0 Å². The summed E-state index contributed by atoms with van der Waals surface area (Å²) >= 11 is 0. The number of ether oxygens (including phenoxy) is 1. The van der Waals surface area contributed by atoms with Gasteiger partial charge >= 0.3 is 0 Å². The zero-order valence-corrected chi connectivity index (χ0v) is 12.3. The van der Waals surface area contributed by atoms with Gasteiger partial charge in [-0.05, 0) is 35.4 Å². The Labute approximate surface area is 124 Å². The molecule has 0 heterocycles. The molecule has 0 unspecified atom stereocenters. The zero-order chi connectivity index (χ0) is 15.2. The number of hydrogen-bond acceptors (Lipinski definition) is 3. The molecule has 0 amide bonds. The van der Waals surface area contributed by atoms with Crippen LogP contribution < -0.4 is 10.1 Å². The van der Waals surface area contributed by atoms with Crippen LogP contribution in [0.3, 0.4) is 0 Å². The minimum atomic E-state index is -0.385. The molecule has 0 fully saturated rings. The van der Waals surface area contributed by atoms with E-state index in [4.69, 9.17) is 9.84 Å². The normalized spacial score (nSPS) is 10.9. The molecule has 2 aromatic carbocycles. The first-order valence-corrected chi connectivity index (χ1v) is 6.98. The average molecular weight is 289 g/mol. The second-order valence-corrected chi connectivity index (χ2v) is 5.20. The largest absolute Gasteiger partial charge is 0.454 e. The van der Waals surface area contributed by atoms with Gasteiger partial charge in [-0.3, -0.25) is 0 Å². The molecule has 21 heavy (non-hydrogen) atoms. The van der Waals surface area contributed by atoms with Crippen LogP contribution in [0.2, 0.25) is 0 Å². The van der Waals surface area contributed by atoms with E-state index in [1.54, 1.807) is 30.3 Å². The molecule has 2 N–H and O–H groups in total. The number of halogens is 1. The molecule has 0 bridgehead atoms. The van der Waals surface area contributed by atoms with Gasteiger partial charge < -0.3 is 15.2 Å². The van der Waals surface area contributed by atoms with E-state index in [2.05, 4.69) is 5.32 Å². The van der Waals surface area contributed by atoms with Crippen molar-refractivity contribution in [3.63, 3.8) is 0 Å². The molecular weight excluding hydrogens is 269 g/mol. The van der Waals surface area contributed by atoms with Crippen molar-refractivity contribution in [2.75, 3.05) is 0 Å². The predicted octanol–water partition coefficient (Wildman–Crippen LogP) is 3.61. The summed E-state index contributed by atoms with van der Waals surface area (Å²) in [5.41, 5.74) is 1.67. The monoisotopic (exact) mass is 289 g/mol. The van der Waals surface area contributed by atoms with E-state index in [1.807, 2.05) is 19.9 Å². The Morgan fingerprint density at radius 2 is 1.76 bits per heavy atom. The zero-order valence-electron chi connectivity index (χ0n) is 12.3. The summed E-state index contributed by atoms with van der Waals surface area (Å²) in [6.45, 7) is 4.69. The second kappa shape index (κ2) is 7.20. The highest BCUT2D eigenvalue weighted by atomic mass is 19.1. The highest BCUT2D eigenvalue weighted by molar-refractivity contribution is 5.35. The first-order chi connectivity index (χ1) is 10.1. The van der Waals surface area contributed by atoms with E-state index in [1.165, 1.54) is 6.07 Å². The van der Waals surface area contributed by atoms with Gasteiger partial charge in [-0.1, -0.05) is 32.0 Å². The summed E-state index contributed by atoms with van der Waals surface area (Å²) in [4.78, 5) is 0. The molecular formula is C17H20FNO2. The number of rotatable bonds is 6. The first-order valence-electron chi connectivity index (χ1n) is 6.98. The number of benzene rings is 2. The standard InChI is InChI=1S/C17H20FNO2/c1-12(2)19-10-14-5-8-17(16(18)9-14)21-15-6-3-13(11-20)4-7-15/h3-9,12,19-20H,10-11H2,1-2H3. The summed E-state index contributed by atoms with van der Waals surface area (Å²) in [5, 5.41) is 12.2. The molecule has 0 spiro atoms. The smallest absolute Gasteiger partial charge is 0.166 e. The number of aliphatic hydroxyl groups is 1. The van der Waals surface area contributed by atoms with Crippen molar-refractivity contribution in [1.29, 1.82) is 0 Å². The van der Waals surface area contributed by atoms with Crippen LogP contribution in [-0.2, 0) is 13.2 Å². The van der Waals surface area contributed by atoms with Gasteiger partial charge in [0, 0.05) is 12.6 Å². The SMILES string of the molecule is CC(C)NCc1ccc(Oc2ccc(CO)cc2)c(F)c1. The molecule has 0 saturated heterocycles. The fraction of sp³-hybridized carbons (Fsp3) is 0.294. The van der Waals surface area contributed by atoms with E-state index < -0.39 is 0 Å². The van der Waals surface area contributed by atoms with Crippen molar-refractivity contribution >= 4 is 0 Å². The van der Waals surface area contributed by atoms with E-state index in [0.717, 1.165) is 11.1 Å². The molecule has 0 aliphatic carbocycles. The average Bonchev–Trinajstić information content (AvgIpc) is 2.48. The van der Waals surface area contributed by atoms with Gasteiger partial charge in [0.2, 0.25) is 0 Å². The summed E-state index contributed by atoms with van der Waals surface area (Å²) in [7, 11) is 0. The fourth-order valence-electron chi connectivity index (χ4n) is 1.85. The molecule has 4 heteroatoms.